The largest absolute Gasteiger partial charge is 0.488 e. The van der Waals surface area contributed by atoms with Gasteiger partial charge in [0.05, 0.1) is 16.9 Å². The van der Waals surface area contributed by atoms with E-state index in [1.54, 1.807) is 6.20 Å². The summed E-state index contributed by atoms with van der Waals surface area (Å²) < 4.78 is 7.92. The molecule has 112 valence electrons. The molecule has 3 N–H and O–H groups in total. The summed E-state index contributed by atoms with van der Waals surface area (Å²) in [6.45, 7) is 4.12. The minimum atomic E-state index is -0.213. The lowest BCUT2D eigenvalue weighted by atomic mass is 10.0. The number of ether oxygens (including phenoxy) is 1. The normalized spacial score (nSPS) is 18.6. The van der Waals surface area contributed by atoms with Crippen LogP contribution in [0.2, 0.25) is 5.02 Å². The number of para-hydroxylation sites is 1. The minimum Gasteiger partial charge on any atom is -0.488 e. The molecule has 2 unspecified atom stereocenters. The van der Waals surface area contributed by atoms with Crippen LogP contribution in [0.1, 0.15) is 37.2 Å². The van der Waals surface area contributed by atoms with Gasteiger partial charge in [0.2, 0.25) is 0 Å². The van der Waals surface area contributed by atoms with Crippen LogP contribution < -0.4 is 16.0 Å². The van der Waals surface area contributed by atoms with E-state index in [0.29, 0.717) is 5.02 Å². The van der Waals surface area contributed by atoms with E-state index >= 15 is 0 Å². The standard InChI is InChI=1S/C15H19ClN4O/c1-9(2)20-15(11(16)8-18-20)14(19-17)13-7-10-5-3-4-6-12(10)21-13/h3-6,8-9,13-14,19H,7,17H2,1-2H3. The quantitative estimate of drug-likeness (QED) is 0.673. The Kier molecular flexibility index (Phi) is 3.89. The molecule has 0 radical (unpaired) electrons. The third-order valence-corrected chi connectivity index (χ3v) is 4.09. The first-order valence-electron chi connectivity index (χ1n) is 7.05. The molecule has 5 nitrogen and oxygen atoms in total. The zero-order valence-electron chi connectivity index (χ0n) is 12.1. The van der Waals surface area contributed by atoms with Gasteiger partial charge in [-0.2, -0.15) is 5.10 Å². The van der Waals surface area contributed by atoms with Crippen LogP contribution in [0.25, 0.3) is 0 Å². The molecule has 3 rings (SSSR count). The van der Waals surface area contributed by atoms with Crippen molar-refractivity contribution in [3.63, 3.8) is 0 Å². The maximum Gasteiger partial charge on any atom is 0.125 e. The number of benzene rings is 1. The predicted octanol–water partition coefficient (Wildman–Crippen LogP) is 2.63. The summed E-state index contributed by atoms with van der Waals surface area (Å²) in [6, 6.07) is 8.02. The third-order valence-electron chi connectivity index (χ3n) is 3.79. The van der Waals surface area contributed by atoms with E-state index < -0.39 is 0 Å². The van der Waals surface area contributed by atoms with Gasteiger partial charge in [0.15, 0.2) is 0 Å². The van der Waals surface area contributed by atoms with Gasteiger partial charge in [-0.05, 0) is 25.5 Å². The Balaban J connectivity index is 1.93. The lowest BCUT2D eigenvalue weighted by Crippen LogP contribution is -2.40. The van der Waals surface area contributed by atoms with Gasteiger partial charge >= 0.3 is 0 Å². The molecule has 21 heavy (non-hydrogen) atoms. The van der Waals surface area contributed by atoms with E-state index in [-0.39, 0.29) is 18.2 Å². The van der Waals surface area contributed by atoms with Gasteiger partial charge in [-0.25, -0.2) is 5.43 Å². The van der Waals surface area contributed by atoms with Crippen molar-refractivity contribution in [2.45, 2.75) is 38.5 Å². The van der Waals surface area contributed by atoms with Crippen LogP contribution in [0.4, 0.5) is 0 Å². The molecule has 0 aliphatic carbocycles. The Hall–Kier alpha value is -1.56. The number of nitrogens with one attached hydrogen (secondary N) is 1. The monoisotopic (exact) mass is 306 g/mol. The molecule has 2 aromatic rings. The molecule has 2 atom stereocenters. The fourth-order valence-corrected chi connectivity index (χ4v) is 3.06. The molecule has 0 amide bonds. The first-order chi connectivity index (χ1) is 10.1. The number of fused-ring (bicyclic) bond motifs is 1. The number of hydrazine groups is 1. The van der Waals surface area contributed by atoms with Crippen LogP contribution >= 0.6 is 11.6 Å². The zero-order chi connectivity index (χ0) is 15.0. The smallest absolute Gasteiger partial charge is 0.125 e. The third kappa shape index (κ3) is 2.52. The molecule has 0 saturated heterocycles. The van der Waals surface area contributed by atoms with Gasteiger partial charge in [0.25, 0.3) is 0 Å². The number of nitrogens with two attached hydrogens (primary N) is 1. The highest BCUT2D eigenvalue weighted by Gasteiger charge is 2.34. The fourth-order valence-electron chi connectivity index (χ4n) is 2.81. The first kappa shape index (κ1) is 14.4. The molecule has 0 spiro atoms. The van der Waals surface area contributed by atoms with Gasteiger partial charge in [-0.3, -0.25) is 10.5 Å². The van der Waals surface area contributed by atoms with Crippen molar-refractivity contribution in [2.24, 2.45) is 5.84 Å². The Morgan fingerprint density at radius 1 is 1.43 bits per heavy atom. The van der Waals surface area contributed by atoms with Crippen LogP contribution in [0.3, 0.4) is 0 Å². The highest BCUT2D eigenvalue weighted by Crippen LogP contribution is 2.36. The lowest BCUT2D eigenvalue weighted by molar-refractivity contribution is 0.172. The molecule has 0 saturated carbocycles. The average Bonchev–Trinajstić information content (AvgIpc) is 3.04. The SMILES string of the molecule is CC(C)n1ncc(Cl)c1C(NN)C1Cc2ccccc2O1. The second-order valence-electron chi connectivity index (χ2n) is 5.53. The second kappa shape index (κ2) is 5.67. The minimum absolute atomic E-state index is 0.0981. The zero-order valence-corrected chi connectivity index (χ0v) is 12.8. The van der Waals surface area contributed by atoms with Crippen LogP contribution in [0.5, 0.6) is 5.75 Å². The van der Waals surface area contributed by atoms with E-state index in [1.165, 1.54) is 5.56 Å². The molecular weight excluding hydrogens is 288 g/mol. The molecule has 1 aromatic heterocycles. The molecule has 1 aliphatic heterocycles. The molecule has 0 bridgehead atoms. The summed E-state index contributed by atoms with van der Waals surface area (Å²) >= 11 is 6.32. The molecule has 1 aliphatic rings. The highest BCUT2D eigenvalue weighted by molar-refractivity contribution is 6.31. The number of hydrogen-bond donors (Lipinski definition) is 2. The molecule has 0 fully saturated rings. The number of hydrogen-bond acceptors (Lipinski definition) is 4. The van der Waals surface area contributed by atoms with E-state index in [2.05, 4.69) is 30.4 Å². The van der Waals surface area contributed by atoms with E-state index in [0.717, 1.165) is 17.9 Å². The van der Waals surface area contributed by atoms with Crippen molar-refractivity contribution in [3.05, 3.63) is 46.7 Å². The Labute approximate surface area is 129 Å². The Morgan fingerprint density at radius 3 is 2.86 bits per heavy atom. The number of nitrogens with zero attached hydrogens (tertiary/aromatic N) is 2. The second-order valence-corrected chi connectivity index (χ2v) is 5.94. The van der Waals surface area contributed by atoms with Crippen molar-refractivity contribution in [3.8, 4) is 5.75 Å². The lowest BCUT2D eigenvalue weighted by Gasteiger charge is -2.25. The maximum atomic E-state index is 6.32. The average molecular weight is 307 g/mol. The van der Waals surface area contributed by atoms with Gasteiger partial charge in [-0.1, -0.05) is 29.8 Å². The van der Waals surface area contributed by atoms with Crippen molar-refractivity contribution in [1.82, 2.24) is 15.2 Å². The Bertz CT molecular complexity index is 615. The molecule has 2 heterocycles. The van der Waals surface area contributed by atoms with Gasteiger partial charge in [0, 0.05) is 12.5 Å². The van der Waals surface area contributed by atoms with Gasteiger partial charge in [-0.15, -0.1) is 0 Å². The number of halogens is 1. The molecular formula is C15H19ClN4O. The summed E-state index contributed by atoms with van der Waals surface area (Å²) in [7, 11) is 0. The van der Waals surface area contributed by atoms with E-state index in [9.17, 15) is 0 Å². The van der Waals surface area contributed by atoms with Crippen LogP contribution in [0.15, 0.2) is 30.5 Å². The Morgan fingerprint density at radius 2 is 2.19 bits per heavy atom. The van der Waals surface area contributed by atoms with Gasteiger partial charge in [0.1, 0.15) is 17.9 Å². The summed E-state index contributed by atoms with van der Waals surface area (Å²) in [5, 5.41) is 4.94. The summed E-state index contributed by atoms with van der Waals surface area (Å²) in [5.41, 5.74) is 4.90. The number of rotatable bonds is 4. The van der Waals surface area contributed by atoms with E-state index in [4.69, 9.17) is 22.2 Å². The fraction of sp³-hybridized carbons (Fsp3) is 0.400. The van der Waals surface area contributed by atoms with E-state index in [1.807, 2.05) is 22.9 Å². The van der Waals surface area contributed by atoms with Crippen LogP contribution in [-0.2, 0) is 6.42 Å². The van der Waals surface area contributed by atoms with Crippen molar-refractivity contribution in [2.75, 3.05) is 0 Å². The first-order valence-corrected chi connectivity index (χ1v) is 7.43. The summed E-state index contributed by atoms with van der Waals surface area (Å²) in [4.78, 5) is 0. The van der Waals surface area contributed by atoms with Crippen molar-refractivity contribution < 1.29 is 4.74 Å². The molecule has 6 heteroatoms. The summed E-state index contributed by atoms with van der Waals surface area (Å²) in [6.07, 6.45) is 2.35. The molecule has 1 aromatic carbocycles. The topological polar surface area (TPSA) is 65.1 Å². The van der Waals surface area contributed by atoms with Crippen molar-refractivity contribution >= 4 is 11.6 Å². The maximum absolute atomic E-state index is 6.32. The van der Waals surface area contributed by atoms with Crippen LogP contribution in [-0.4, -0.2) is 15.9 Å². The predicted molar refractivity (Wildman–Crippen MR) is 82.2 cm³/mol. The summed E-state index contributed by atoms with van der Waals surface area (Å²) in [5.74, 6) is 6.70. The van der Waals surface area contributed by atoms with Crippen LogP contribution in [0, 0.1) is 0 Å². The van der Waals surface area contributed by atoms with Crippen molar-refractivity contribution in [1.29, 1.82) is 0 Å². The number of aromatic nitrogens is 2. The highest BCUT2D eigenvalue weighted by atomic mass is 35.5. The van der Waals surface area contributed by atoms with Gasteiger partial charge < -0.3 is 4.74 Å².